The van der Waals surface area contributed by atoms with E-state index in [1.165, 1.54) is 5.56 Å². The third kappa shape index (κ3) is 3.54. The highest BCUT2D eigenvalue weighted by Gasteiger charge is 2.40. The van der Waals surface area contributed by atoms with Gasteiger partial charge in [0.25, 0.3) is 0 Å². The molecule has 1 atom stereocenters. The zero-order valence-corrected chi connectivity index (χ0v) is 14.6. The maximum absolute atomic E-state index is 12.7. The van der Waals surface area contributed by atoms with Crippen molar-refractivity contribution in [3.8, 4) is 0 Å². The van der Waals surface area contributed by atoms with Gasteiger partial charge in [-0.2, -0.15) is 0 Å². The van der Waals surface area contributed by atoms with Crippen LogP contribution in [0.15, 0.2) is 24.3 Å². The molecule has 1 aliphatic carbocycles. The maximum Gasteiger partial charge on any atom is 0.242 e. The highest BCUT2D eigenvalue weighted by molar-refractivity contribution is 6.30. The molecule has 4 nitrogen and oxygen atoms in total. The van der Waals surface area contributed by atoms with Gasteiger partial charge in [0.1, 0.15) is 0 Å². The molecule has 1 aromatic rings. The van der Waals surface area contributed by atoms with E-state index in [9.17, 15) is 4.79 Å². The fourth-order valence-electron chi connectivity index (χ4n) is 3.80. The lowest BCUT2D eigenvalue weighted by Crippen LogP contribution is -2.58. The Morgan fingerprint density at radius 2 is 1.70 bits per heavy atom. The van der Waals surface area contributed by atoms with E-state index in [1.807, 2.05) is 17.0 Å². The number of rotatable bonds is 3. The van der Waals surface area contributed by atoms with E-state index in [4.69, 9.17) is 17.3 Å². The average molecular weight is 336 g/mol. The molecule has 23 heavy (non-hydrogen) atoms. The van der Waals surface area contributed by atoms with E-state index in [0.717, 1.165) is 56.9 Å². The Labute approximate surface area is 143 Å². The number of halogens is 1. The number of nitrogens with two attached hydrogens (primary N) is 1. The molecule has 1 saturated carbocycles. The molecular weight excluding hydrogens is 310 g/mol. The van der Waals surface area contributed by atoms with Crippen molar-refractivity contribution in [2.75, 3.05) is 26.2 Å². The first-order chi connectivity index (χ1) is 11.0. The molecule has 126 valence electrons. The van der Waals surface area contributed by atoms with Crippen molar-refractivity contribution in [3.63, 3.8) is 0 Å². The van der Waals surface area contributed by atoms with E-state index in [1.54, 1.807) is 0 Å². The van der Waals surface area contributed by atoms with Crippen molar-refractivity contribution >= 4 is 17.5 Å². The molecule has 1 aromatic carbocycles. The van der Waals surface area contributed by atoms with Gasteiger partial charge < -0.3 is 10.6 Å². The Morgan fingerprint density at radius 1 is 1.13 bits per heavy atom. The molecule has 5 heteroatoms. The maximum atomic E-state index is 12.7. The number of carbonyl (C=O) groups excluding carboxylic acids is 1. The molecular formula is C18H26ClN3O. The topological polar surface area (TPSA) is 49.6 Å². The quantitative estimate of drug-likeness (QED) is 0.924. The van der Waals surface area contributed by atoms with Crippen LogP contribution < -0.4 is 5.73 Å². The van der Waals surface area contributed by atoms with Gasteiger partial charge in [0, 0.05) is 37.2 Å². The number of piperazine rings is 1. The molecule has 1 heterocycles. The van der Waals surface area contributed by atoms with Gasteiger partial charge in [0.15, 0.2) is 0 Å². The Morgan fingerprint density at radius 3 is 2.26 bits per heavy atom. The van der Waals surface area contributed by atoms with Crippen LogP contribution in [0.25, 0.3) is 0 Å². The molecule has 2 fully saturated rings. The fourth-order valence-corrected chi connectivity index (χ4v) is 3.93. The smallest absolute Gasteiger partial charge is 0.242 e. The first-order valence-electron chi connectivity index (χ1n) is 8.57. The summed E-state index contributed by atoms with van der Waals surface area (Å²) in [6.45, 7) is 5.55. The van der Waals surface area contributed by atoms with E-state index >= 15 is 0 Å². The van der Waals surface area contributed by atoms with Crippen LogP contribution >= 0.6 is 11.6 Å². The molecule has 0 aromatic heterocycles. The highest BCUT2D eigenvalue weighted by Crippen LogP contribution is 2.30. The molecule has 2 aliphatic rings. The van der Waals surface area contributed by atoms with Crippen LogP contribution in [0.4, 0.5) is 0 Å². The van der Waals surface area contributed by atoms with Gasteiger partial charge in [-0.3, -0.25) is 9.69 Å². The minimum absolute atomic E-state index is 0.161. The summed E-state index contributed by atoms with van der Waals surface area (Å²) in [4.78, 5) is 17.1. The first-order valence-corrected chi connectivity index (χ1v) is 8.95. The molecule has 0 bridgehead atoms. The minimum atomic E-state index is -0.593. The second-order valence-corrected chi connectivity index (χ2v) is 7.36. The standard InChI is InChI=1S/C18H26ClN3O/c1-14(15-4-6-16(19)7-5-15)21-10-12-22(13-11-21)17(23)18(20)8-2-3-9-18/h4-7,14H,2-3,8-13,20H2,1H3. The van der Waals surface area contributed by atoms with Gasteiger partial charge in [0.05, 0.1) is 5.54 Å². The zero-order valence-electron chi connectivity index (χ0n) is 13.8. The first kappa shape index (κ1) is 16.7. The van der Waals surface area contributed by atoms with Crippen molar-refractivity contribution in [1.82, 2.24) is 9.80 Å². The molecule has 0 spiro atoms. The molecule has 0 radical (unpaired) electrons. The molecule has 3 rings (SSSR count). The van der Waals surface area contributed by atoms with Crippen LogP contribution in [-0.2, 0) is 4.79 Å². The second kappa shape index (κ2) is 6.80. The summed E-state index contributed by atoms with van der Waals surface area (Å²) < 4.78 is 0. The van der Waals surface area contributed by atoms with E-state index in [0.29, 0.717) is 6.04 Å². The van der Waals surface area contributed by atoms with Crippen molar-refractivity contribution in [2.24, 2.45) is 5.73 Å². The largest absolute Gasteiger partial charge is 0.339 e. The predicted octanol–water partition coefficient (Wildman–Crippen LogP) is 2.82. The summed E-state index contributed by atoms with van der Waals surface area (Å²) in [5.41, 5.74) is 6.99. The van der Waals surface area contributed by atoms with Gasteiger partial charge in [-0.05, 0) is 37.5 Å². The number of benzene rings is 1. The lowest BCUT2D eigenvalue weighted by atomic mass is 9.96. The predicted molar refractivity (Wildman–Crippen MR) is 93.4 cm³/mol. The van der Waals surface area contributed by atoms with Crippen molar-refractivity contribution in [2.45, 2.75) is 44.2 Å². The highest BCUT2D eigenvalue weighted by atomic mass is 35.5. The van der Waals surface area contributed by atoms with Gasteiger partial charge in [-0.1, -0.05) is 36.6 Å². The third-order valence-electron chi connectivity index (χ3n) is 5.42. The number of amides is 1. The second-order valence-electron chi connectivity index (χ2n) is 6.92. The van der Waals surface area contributed by atoms with Gasteiger partial charge in [-0.25, -0.2) is 0 Å². The number of nitrogens with zero attached hydrogens (tertiary/aromatic N) is 2. The average Bonchev–Trinajstić information content (AvgIpc) is 3.02. The summed E-state index contributed by atoms with van der Waals surface area (Å²) >= 11 is 5.96. The number of carbonyl (C=O) groups is 1. The van der Waals surface area contributed by atoms with Gasteiger partial charge in [-0.15, -0.1) is 0 Å². The van der Waals surface area contributed by atoms with E-state index in [2.05, 4.69) is 24.0 Å². The van der Waals surface area contributed by atoms with E-state index in [-0.39, 0.29) is 5.91 Å². The SMILES string of the molecule is CC(c1ccc(Cl)cc1)N1CCN(C(=O)C2(N)CCCC2)CC1. The summed E-state index contributed by atoms with van der Waals surface area (Å²) in [6, 6.07) is 8.37. The zero-order chi connectivity index (χ0) is 16.4. The lowest BCUT2D eigenvalue weighted by Gasteiger charge is -2.40. The fraction of sp³-hybridized carbons (Fsp3) is 0.611. The van der Waals surface area contributed by atoms with Crippen LogP contribution in [0.5, 0.6) is 0 Å². The molecule has 1 aliphatic heterocycles. The Bertz CT molecular complexity index is 546. The Hall–Kier alpha value is -1.10. The van der Waals surface area contributed by atoms with Gasteiger partial charge >= 0.3 is 0 Å². The van der Waals surface area contributed by atoms with E-state index < -0.39 is 5.54 Å². The van der Waals surface area contributed by atoms with Crippen molar-refractivity contribution < 1.29 is 4.79 Å². The van der Waals surface area contributed by atoms with Crippen molar-refractivity contribution in [3.05, 3.63) is 34.9 Å². The number of hydrogen-bond acceptors (Lipinski definition) is 3. The molecule has 1 unspecified atom stereocenters. The number of hydrogen-bond donors (Lipinski definition) is 1. The molecule has 2 N–H and O–H groups in total. The Balaban J connectivity index is 1.57. The van der Waals surface area contributed by atoms with Crippen LogP contribution in [0.3, 0.4) is 0 Å². The minimum Gasteiger partial charge on any atom is -0.339 e. The summed E-state index contributed by atoms with van der Waals surface area (Å²) in [6.07, 6.45) is 3.84. The summed E-state index contributed by atoms with van der Waals surface area (Å²) in [5, 5.41) is 0.765. The summed E-state index contributed by atoms with van der Waals surface area (Å²) in [7, 11) is 0. The lowest BCUT2D eigenvalue weighted by molar-refractivity contribution is -0.138. The van der Waals surface area contributed by atoms with Crippen molar-refractivity contribution in [1.29, 1.82) is 0 Å². The van der Waals surface area contributed by atoms with Gasteiger partial charge in [0.2, 0.25) is 5.91 Å². The molecule has 1 saturated heterocycles. The van der Waals surface area contributed by atoms with Crippen LogP contribution in [0.1, 0.15) is 44.2 Å². The monoisotopic (exact) mass is 335 g/mol. The van der Waals surface area contributed by atoms with Crippen LogP contribution in [0.2, 0.25) is 5.02 Å². The normalized spacial score (nSPS) is 23.0. The van der Waals surface area contributed by atoms with Crippen LogP contribution in [-0.4, -0.2) is 47.4 Å². The summed E-state index contributed by atoms with van der Waals surface area (Å²) in [5.74, 6) is 0.161. The third-order valence-corrected chi connectivity index (χ3v) is 5.68. The Kier molecular flexibility index (Phi) is 4.95. The van der Waals surface area contributed by atoms with Crippen LogP contribution in [0, 0.1) is 0 Å². The molecule has 1 amide bonds.